The number of aliphatic imine (C=N–C) groups is 1. The summed E-state index contributed by atoms with van der Waals surface area (Å²) >= 11 is 13.3. The van der Waals surface area contributed by atoms with Gasteiger partial charge in [-0.1, -0.05) is 47.1 Å². The molecule has 2 rings (SSSR count). The molecule has 2 aliphatic rings. The summed E-state index contributed by atoms with van der Waals surface area (Å²) in [6.07, 6.45) is 7.54. The number of thioether (sulfide) groups is 1. The first kappa shape index (κ1) is 25.5. The van der Waals surface area contributed by atoms with Gasteiger partial charge in [0.1, 0.15) is 0 Å². The maximum Gasteiger partial charge on any atom is 0.264 e. The number of nitrogens with one attached hydrogen (secondary N) is 1. The summed E-state index contributed by atoms with van der Waals surface area (Å²) < 4.78 is 5.78. The number of hydrogen-bond acceptors (Lipinski definition) is 7. The first-order valence-corrected chi connectivity index (χ1v) is 11.4. The Bertz CT molecular complexity index is 813. The van der Waals surface area contributed by atoms with Crippen LogP contribution in [0.3, 0.4) is 0 Å². The van der Waals surface area contributed by atoms with E-state index in [9.17, 15) is 9.59 Å². The van der Waals surface area contributed by atoms with Crippen LogP contribution in [-0.2, 0) is 14.3 Å². The van der Waals surface area contributed by atoms with Crippen LogP contribution in [0.15, 0.2) is 50.1 Å². The normalized spacial score (nSPS) is 23.0. The van der Waals surface area contributed by atoms with Crippen molar-refractivity contribution in [2.24, 2.45) is 22.4 Å². The van der Waals surface area contributed by atoms with Gasteiger partial charge in [0.15, 0.2) is 0 Å². The topological polar surface area (TPSA) is 123 Å². The molecule has 11 heteroatoms. The predicted molar refractivity (Wildman–Crippen MR) is 127 cm³/mol. The van der Waals surface area contributed by atoms with Crippen molar-refractivity contribution >= 4 is 53.5 Å². The predicted octanol–water partition coefficient (Wildman–Crippen LogP) is 1.67. The van der Waals surface area contributed by atoms with Gasteiger partial charge in [0, 0.05) is 26.2 Å². The van der Waals surface area contributed by atoms with Gasteiger partial charge in [-0.25, -0.2) is 0 Å². The Morgan fingerprint density at radius 2 is 2.13 bits per heavy atom. The number of hydrogen-bond donors (Lipinski definition) is 3. The molecule has 2 atom stereocenters. The molecule has 0 aromatic rings. The number of ether oxygens (including phenoxy) is 1. The fourth-order valence-electron chi connectivity index (χ4n) is 3.04. The third-order valence-corrected chi connectivity index (χ3v) is 6.40. The van der Waals surface area contributed by atoms with Crippen molar-refractivity contribution in [1.82, 2.24) is 10.2 Å². The summed E-state index contributed by atoms with van der Waals surface area (Å²) in [5.74, 6) is -0.431. The van der Waals surface area contributed by atoms with Gasteiger partial charge >= 0.3 is 0 Å². The molecular formula is C20H27Cl2N5O3S. The van der Waals surface area contributed by atoms with Crippen molar-refractivity contribution < 1.29 is 14.3 Å². The minimum absolute atomic E-state index is 0.0873. The van der Waals surface area contributed by atoms with Crippen LogP contribution in [0.5, 0.6) is 0 Å². The molecular weight excluding hydrogens is 461 g/mol. The Labute approximate surface area is 196 Å². The van der Waals surface area contributed by atoms with Gasteiger partial charge in [-0.05, 0) is 31.2 Å². The van der Waals surface area contributed by atoms with Crippen molar-refractivity contribution in [3.8, 4) is 0 Å². The van der Waals surface area contributed by atoms with Crippen molar-refractivity contribution in [3.63, 3.8) is 0 Å². The third kappa shape index (κ3) is 9.08. The SMILES string of the molecule is C=N/C(=C\C=C(/N)C(N)=O)SCC(=O)NC[C@H]1CN(CC2C=C(Cl)C(Cl)=CC2)CCO1. The lowest BCUT2D eigenvalue weighted by Crippen LogP contribution is -2.48. The fraction of sp³-hybridized carbons (Fsp3) is 0.450. The second-order valence-electron chi connectivity index (χ2n) is 7.06. The molecule has 170 valence electrons. The van der Waals surface area contributed by atoms with Crippen LogP contribution < -0.4 is 16.8 Å². The van der Waals surface area contributed by atoms with E-state index in [0.29, 0.717) is 34.2 Å². The highest BCUT2D eigenvalue weighted by Crippen LogP contribution is 2.29. The molecule has 1 fully saturated rings. The summed E-state index contributed by atoms with van der Waals surface area (Å²) in [7, 11) is 0. The van der Waals surface area contributed by atoms with Gasteiger partial charge in [-0.2, -0.15) is 0 Å². The van der Waals surface area contributed by atoms with Crippen LogP contribution in [0.2, 0.25) is 0 Å². The summed E-state index contributed by atoms with van der Waals surface area (Å²) in [5, 5.41) is 4.54. The van der Waals surface area contributed by atoms with Gasteiger partial charge in [0.25, 0.3) is 5.91 Å². The van der Waals surface area contributed by atoms with E-state index in [1.807, 2.05) is 12.2 Å². The number of carbonyl (C=O) groups is 2. The molecule has 1 saturated heterocycles. The molecule has 1 aliphatic heterocycles. The molecule has 2 amide bonds. The number of primary amides is 1. The lowest BCUT2D eigenvalue weighted by Gasteiger charge is -2.35. The van der Waals surface area contributed by atoms with Crippen LogP contribution in [0, 0.1) is 5.92 Å². The van der Waals surface area contributed by atoms with Crippen molar-refractivity contribution in [2.45, 2.75) is 12.5 Å². The number of halogens is 2. The lowest BCUT2D eigenvalue weighted by molar-refractivity contribution is -0.119. The number of allylic oxidation sites excluding steroid dienone is 5. The van der Waals surface area contributed by atoms with Crippen molar-refractivity contribution in [3.05, 3.63) is 45.1 Å². The third-order valence-electron chi connectivity index (χ3n) is 4.65. The van der Waals surface area contributed by atoms with E-state index >= 15 is 0 Å². The summed E-state index contributed by atoms with van der Waals surface area (Å²) in [5.41, 5.74) is 10.4. The fourth-order valence-corrected chi connectivity index (χ4v) is 4.09. The van der Waals surface area contributed by atoms with Crippen LogP contribution in [0.25, 0.3) is 0 Å². The molecule has 1 aliphatic carbocycles. The molecule has 5 N–H and O–H groups in total. The molecule has 8 nitrogen and oxygen atoms in total. The summed E-state index contributed by atoms with van der Waals surface area (Å²) in [4.78, 5) is 29.2. The summed E-state index contributed by atoms with van der Waals surface area (Å²) in [6.45, 7) is 6.89. The number of amides is 2. The molecule has 1 unspecified atom stereocenters. The van der Waals surface area contributed by atoms with Crippen molar-refractivity contribution in [2.75, 3.05) is 38.5 Å². The number of carbonyl (C=O) groups excluding carboxylic acids is 2. The second kappa shape index (κ2) is 12.9. The van der Waals surface area contributed by atoms with Gasteiger partial charge < -0.3 is 21.5 Å². The van der Waals surface area contributed by atoms with E-state index < -0.39 is 5.91 Å². The molecule has 0 radical (unpaired) electrons. The van der Waals surface area contributed by atoms with Crippen molar-refractivity contribution in [1.29, 1.82) is 0 Å². The van der Waals surface area contributed by atoms with E-state index in [-0.39, 0.29) is 23.5 Å². The highest BCUT2D eigenvalue weighted by Gasteiger charge is 2.24. The maximum atomic E-state index is 12.2. The van der Waals surface area contributed by atoms with E-state index in [0.717, 1.165) is 26.1 Å². The van der Waals surface area contributed by atoms with E-state index in [1.165, 1.54) is 23.9 Å². The lowest BCUT2D eigenvalue weighted by atomic mass is 9.99. The van der Waals surface area contributed by atoms with E-state index in [4.69, 9.17) is 39.4 Å². The number of morpholine rings is 1. The molecule has 0 saturated carbocycles. The summed E-state index contributed by atoms with van der Waals surface area (Å²) in [6, 6.07) is 0. The highest BCUT2D eigenvalue weighted by molar-refractivity contribution is 8.03. The van der Waals surface area contributed by atoms with Crippen LogP contribution >= 0.6 is 35.0 Å². The maximum absolute atomic E-state index is 12.2. The average molecular weight is 488 g/mol. The first-order chi connectivity index (χ1) is 14.8. The number of rotatable bonds is 10. The monoisotopic (exact) mass is 487 g/mol. The Hall–Kier alpha value is -1.78. The van der Waals surface area contributed by atoms with E-state index in [1.54, 1.807) is 0 Å². The zero-order chi connectivity index (χ0) is 22.8. The molecule has 0 aromatic heterocycles. The zero-order valence-electron chi connectivity index (χ0n) is 17.1. The molecule has 0 bridgehead atoms. The zero-order valence-corrected chi connectivity index (χ0v) is 19.4. The number of nitrogens with zero attached hydrogens (tertiary/aromatic N) is 2. The standard InChI is InChI=1S/C20H27Cl2N5O3S/c1-25-19(5-4-17(23)20(24)29)31-12-18(28)26-9-14-11-27(6-7-30-14)10-13-2-3-15(21)16(22)8-13/h3-5,8,13-14H,1-2,6-7,9-12,23H2,(H2,24,29)(H,26,28)/b17-4-,19-5+/t13?,14-/m0/s1. The minimum Gasteiger partial charge on any atom is -0.394 e. The van der Waals surface area contributed by atoms with Crippen LogP contribution in [0.1, 0.15) is 6.42 Å². The average Bonchev–Trinajstić information content (AvgIpc) is 2.75. The smallest absolute Gasteiger partial charge is 0.264 e. The highest BCUT2D eigenvalue weighted by atomic mass is 35.5. The molecule has 0 aromatic carbocycles. The second-order valence-corrected chi connectivity index (χ2v) is 8.87. The Balaban J connectivity index is 1.73. The Morgan fingerprint density at radius 1 is 1.35 bits per heavy atom. The van der Waals surface area contributed by atoms with Gasteiger partial charge in [0.2, 0.25) is 5.91 Å². The largest absolute Gasteiger partial charge is 0.394 e. The molecule has 1 heterocycles. The van der Waals surface area contributed by atoms with Crippen LogP contribution in [-0.4, -0.2) is 68.1 Å². The quantitative estimate of drug-likeness (QED) is 0.244. The Morgan fingerprint density at radius 3 is 2.81 bits per heavy atom. The first-order valence-electron chi connectivity index (χ1n) is 9.69. The minimum atomic E-state index is -0.730. The van der Waals surface area contributed by atoms with Crippen LogP contribution in [0.4, 0.5) is 0 Å². The molecule has 0 spiro atoms. The number of nitrogens with two attached hydrogens (primary N) is 2. The van der Waals surface area contributed by atoms with E-state index in [2.05, 4.69) is 21.9 Å². The Kier molecular flexibility index (Phi) is 10.6. The van der Waals surface area contributed by atoms with Gasteiger partial charge in [-0.3, -0.25) is 19.5 Å². The van der Waals surface area contributed by atoms with Gasteiger partial charge in [-0.15, -0.1) is 0 Å². The molecule has 31 heavy (non-hydrogen) atoms. The van der Waals surface area contributed by atoms with Gasteiger partial charge in [0.05, 0.1) is 39.3 Å².